The van der Waals surface area contributed by atoms with E-state index in [0.29, 0.717) is 11.7 Å². The number of halogens is 1. The van der Waals surface area contributed by atoms with Gasteiger partial charge >= 0.3 is 0 Å². The van der Waals surface area contributed by atoms with Crippen LogP contribution in [0, 0.1) is 0 Å². The molecule has 0 bridgehead atoms. The molecule has 0 aliphatic carbocycles. The molecule has 6 rings (SSSR count). The number of anilines is 2. The molecule has 0 amide bonds. The third-order valence-electron chi connectivity index (χ3n) is 5.56. The summed E-state index contributed by atoms with van der Waals surface area (Å²) in [4.78, 5) is 31.5. The Bertz CT molecular complexity index is 1470. The fourth-order valence-corrected chi connectivity index (χ4v) is 4.11. The molecule has 1 aliphatic heterocycles. The van der Waals surface area contributed by atoms with E-state index < -0.39 is 0 Å². The zero-order chi connectivity index (χ0) is 22.8. The van der Waals surface area contributed by atoms with Gasteiger partial charge in [0, 0.05) is 24.2 Å². The van der Waals surface area contributed by atoms with E-state index in [1.54, 1.807) is 6.33 Å². The molecular weight excluding hydrogens is 438 g/mol. The molecule has 0 unspecified atom stereocenters. The number of fused-ring (bicyclic) bond motifs is 3. The molecule has 0 aromatic carbocycles. The Morgan fingerprint density at radius 2 is 1.61 bits per heavy atom. The second kappa shape index (κ2) is 8.95. The van der Waals surface area contributed by atoms with E-state index in [2.05, 4.69) is 59.0 Å². The van der Waals surface area contributed by atoms with Crippen molar-refractivity contribution < 1.29 is 0 Å². The van der Waals surface area contributed by atoms with Crippen molar-refractivity contribution in [3.05, 3.63) is 64.8 Å². The highest BCUT2D eigenvalue weighted by atomic mass is 35.5. The van der Waals surface area contributed by atoms with Crippen LogP contribution in [0.3, 0.4) is 0 Å². The number of hydrogen-bond acceptors (Lipinski definition) is 7. The van der Waals surface area contributed by atoms with E-state index in [-0.39, 0.29) is 0 Å². The van der Waals surface area contributed by atoms with Crippen molar-refractivity contribution in [2.45, 2.75) is 33.2 Å². The molecule has 0 saturated heterocycles. The minimum atomic E-state index is 0.526. The first-order valence-electron chi connectivity index (χ1n) is 10.7. The molecular formula is C23H22ClN9. The summed E-state index contributed by atoms with van der Waals surface area (Å²) in [5, 5.41) is 5.85. The smallest absolute Gasteiger partial charge is 0.143 e. The lowest BCUT2D eigenvalue weighted by molar-refractivity contribution is 1.02. The van der Waals surface area contributed by atoms with Crippen LogP contribution < -0.4 is 5.32 Å². The number of hydrogen-bond donors (Lipinski definition) is 3. The average molecular weight is 460 g/mol. The van der Waals surface area contributed by atoms with Crippen molar-refractivity contribution in [1.82, 2.24) is 34.9 Å². The van der Waals surface area contributed by atoms with Gasteiger partial charge in [-0.2, -0.15) is 0 Å². The van der Waals surface area contributed by atoms with E-state index in [1.807, 2.05) is 30.9 Å². The zero-order valence-electron chi connectivity index (χ0n) is 18.2. The van der Waals surface area contributed by atoms with Crippen LogP contribution >= 0.6 is 11.6 Å². The normalized spacial score (nSPS) is 12.1. The first-order valence-corrected chi connectivity index (χ1v) is 11.1. The monoisotopic (exact) mass is 459 g/mol. The summed E-state index contributed by atoms with van der Waals surface area (Å²) in [6.07, 6.45) is 12.5. The predicted octanol–water partition coefficient (Wildman–Crippen LogP) is 4.77. The van der Waals surface area contributed by atoms with Gasteiger partial charge in [0.05, 0.1) is 34.9 Å². The van der Waals surface area contributed by atoms with E-state index in [4.69, 9.17) is 11.6 Å². The molecule has 10 heteroatoms. The molecule has 5 aromatic heterocycles. The summed E-state index contributed by atoms with van der Waals surface area (Å²) in [5.74, 6) is 0.801. The standard InChI is InChI=1S/C15H14N6.C8H8ClN3/c1-2-9-5-18-14-13(9)15(20-8-19-14)21-11-3-10-4-16-7-12(10)17-6-11;1-2-5-3-10-8-6(5)7(9)11-4-12-8/h3-6,8H,2,7H2,1H3,(H2,18,19,20,21);3-4H,2H2,1H3,(H,10,11,12). The fourth-order valence-electron chi connectivity index (χ4n) is 3.85. The van der Waals surface area contributed by atoms with Gasteiger partial charge in [0.25, 0.3) is 0 Å². The molecule has 5 aromatic rings. The maximum atomic E-state index is 5.91. The topological polar surface area (TPSA) is 120 Å². The van der Waals surface area contributed by atoms with Crippen LogP contribution in [0.15, 0.2) is 42.3 Å². The van der Waals surface area contributed by atoms with E-state index in [1.165, 1.54) is 11.9 Å². The summed E-state index contributed by atoms with van der Waals surface area (Å²) in [6.45, 7) is 4.86. The van der Waals surface area contributed by atoms with Crippen LogP contribution in [-0.2, 0) is 19.4 Å². The van der Waals surface area contributed by atoms with Crippen molar-refractivity contribution in [3.8, 4) is 0 Å². The summed E-state index contributed by atoms with van der Waals surface area (Å²) in [6, 6.07) is 2.05. The SMILES string of the molecule is CCc1c[nH]c2ncnc(Cl)c12.CCc1c[nH]c2ncnc(Nc3cnc4c(c3)C=NC4)c12. The Kier molecular flexibility index (Phi) is 5.70. The lowest BCUT2D eigenvalue weighted by Crippen LogP contribution is -1.99. The Morgan fingerprint density at radius 1 is 0.909 bits per heavy atom. The summed E-state index contributed by atoms with van der Waals surface area (Å²) in [5.41, 5.74) is 7.01. The molecule has 0 fully saturated rings. The Morgan fingerprint density at radius 3 is 2.36 bits per heavy atom. The van der Waals surface area contributed by atoms with Crippen LogP contribution in [0.25, 0.3) is 22.1 Å². The highest BCUT2D eigenvalue weighted by molar-refractivity contribution is 6.34. The maximum Gasteiger partial charge on any atom is 0.143 e. The van der Waals surface area contributed by atoms with Crippen molar-refractivity contribution >= 4 is 51.4 Å². The second-order valence-corrected chi connectivity index (χ2v) is 7.88. The van der Waals surface area contributed by atoms with Crippen molar-refractivity contribution in [2.75, 3.05) is 5.32 Å². The first kappa shape index (κ1) is 21.0. The van der Waals surface area contributed by atoms with Crippen LogP contribution in [0.5, 0.6) is 0 Å². The van der Waals surface area contributed by atoms with Gasteiger partial charge in [0.15, 0.2) is 0 Å². The molecule has 0 radical (unpaired) electrons. The third-order valence-corrected chi connectivity index (χ3v) is 5.84. The Labute approximate surface area is 194 Å². The van der Waals surface area contributed by atoms with Gasteiger partial charge in [-0.15, -0.1) is 0 Å². The van der Waals surface area contributed by atoms with Gasteiger partial charge in [-0.3, -0.25) is 9.98 Å². The van der Waals surface area contributed by atoms with Crippen molar-refractivity contribution in [3.63, 3.8) is 0 Å². The molecule has 33 heavy (non-hydrogen) atoms. The third kappa shape index (κ3) is 4.03. The van der Waals surface area contributed by atoms with E-state index >= 15 is 0 Å². The minimum absolute atomic E-state index is 0.526. The number of aromatic nitrogens is 7. The number of nitrogens with one attached hydrogen (secondary N) is 3. The highest BCUT2D eigenvalue weighted by Gasteiger charge is 2.12. The number of rotatable bonds is 4. The van der Waals surface area contributed by atoms with E-state index in [0.717, 1.165) is 63.2 Å². The highest BCUT2D eigenvalue weighted by Crippen LogP contribution is 2.27. The van der Waals surface area contributed by atoms with Crippen LogP contribution in [0.4, 0.5) is 11.5 Å². The Balaban J connectivity index is 0.000000162. The quantitative estimate of drug-likeness (QED) is 0.333. The summed E-state index contributed by atoms with van der Waals surface area (Å²) in [7, 11) is 0. The predicted molar refractivity (Wildman–Crippen MR) is 130 cm³/mol. The van der Waals surface area contributed by atoms with Gasteiger partial charge in [-0.1, -0.05) is 25.4 Å². The molecule has 0 atom stereocenters. The fraction of sp³-hybridized carbons (Fsp3) is 0.217. The van der Waals surface area contributed by atoms with Crippen molar-refractivity contribution in [2.24, 2.45) is 4.99 Å². The number of nitrogens with zero attached hydrogens (tertiary/aromatic N) is 6. The molecule has 9 nitrogen and oxygen atoms in total. The molecule has 0 spiro atoms. The van der Waals surface area contributed by atoms with E-state index in [9.17, 15) is 0 Å². The summed E-state index contributed by atoms with van der Waals surface area (Å²) < 4.78 is 0. The van der Waals surface area contributed by atoms with Crippen LogP contribution in [0.2, 0.25) is 5.15 Å². The van der Waals surface area contributed by atoms with Gasteiger partial charge in [-0.25, -0.2) is 19.9 Å². The molecule has 0 saturated carbocycles. The molecule has 3 N–H and O–H groups in total. The number of aryl methyl sites for hydroxylation is 2. The summed E-state index contributed by atoms with van der Waals surface area (Å²) >= 11 is 5.91. The first-order chi connectivity index (χ1) is 16.2. The Hall–Kier alpha value is -3.85. The lowest BCUT2D eigenvalue weighted by Gasteiger charge is -2.08. The van der Waals surface area contributed by atoms with Crippen LogP contribution in [-0.4, -0.2) is 41.1 Å². The minimum Gasteiger partial charge on any atom is -0.346 e. The van der Waals surface area contributed by atoms with Gasteiger partial charge in [0.2, 0.25) is 0 Å². The van der Waals surface area contributed by atoms with Crippen molar-refractivity contribution in [1.29, 1.82) is 0 Å². The maximum absolute atomic E-state index is 5.91. The number of pyridine rings is 1. The zero-order valence-corrected chi connectivity index (χ0v) is 19.0. The number of aromatic amines is 2. The van der Waals surface area contributed by atoms with Crippen LogP contribution in [0.1, 0.15) is 36.2 Å². The van der Waals surface area contributed by atoms with Gasteiger partial charge in [-0.05, 0) is 30.0 Å². The largest absolute Gasteiger partial charge is 0.346 e. The average Bonchev–Trinajstić information content (AvgIpc) is 3.57. The number of H-pyrrole nitrogens is 2. The molecule has 6 heterocycles. The second-order valence-electron chi connectivity index (χ2n) is 7.52. The van der Waals surface area contributed by atoms with Gasteiger partial charge < -0.3 is 15.3 Å². The molecule has 1 aliphatic rings. The lowest BCUT2D eigenvalue weighted by atomic mass is 10.2. The number of aliphatic imine (C=N–C) groups is 1. The molecule has 166 valence electrons. The van der Waals surface area contributed by atoms with Gasteiger partial charge in [0.1, 0.15) is 34.9 Å².